The van der Waals surface area contributed by atoms with Crippen molar-refractivity contribution in [2.75, 3.05) is 26.2 Å². The van der Waals surface area contributed by atoms with Gasteiger partial charge in [-0.05, 0) is 55.3 Å². The largest absolute Gasteiger partial charge is 0.478 e. The van der Waals surface area contributed by atoms with Crippen molar-refractivity contribution in [1.82, 2.24) is 9.80 Å². The average molecular weight is 464 g/mol. The standard InChI is InChI=1S/C19H18BrN3O4S/c20-14-4-5-15(27-9-6-21)13(10-14)11-16-18(25)23(19(26)28-16)12-17(24)22-7-2-1-3-8-22/h4-5,10-11H,1-3,7-9,12H2/b16-11-. The van der Waals surface area contributed by atoms with E-state index in [-0.39, 0.29) is 24.0 Å². The molecular weight excluding hydrogens is 446 g/mol. The van der Waals surface area contributed by atoms with Crippen molar-refractivity contribution >= 4 is 50.8 Å². The summed E-state index contributed by atoms with van der Waals surface area (Å²) >= 11 is 4.16. The van der Waals surface area contributed by atoms with Gasteiger partial charge in [0.25, 0.3) is 11.1 Å². The summed E-state index contributed by atoms with van der Waals surface area (Å²) in [6.45, 7) is 0.970. The summed E-state index contributed by atoms with van der Waals surface area (Å²) in [5.74, 6) is -0.267. The molecule has 0 N–H and O–H groups in total. The zero-order valence-electron chi connectivity index (χ0n) is 15.0. The Hall–Kier alpha value is -2.31. The number of likely N-dealkylation sites (tertiary alicyclic amines) is 1. The second-order valence-corrected chi connectivity index (χ2v) is 8.25. The molecule has 2 fully saturated rings. The van der Waals surface area contributed by atoms with Gasteiger partial charge in [-0.3, -0.25) is 19.3 Å². The molecule has 28 heavy (non-hydrogen) atoms. The van der Waals surface area contributed by atoms with E-state index in [0.29, 0.717) is 24.4 Å². The van der Waals surface area contributed by atoms with Crippen LogP contribution in [-0.2, 0) is 9.59 Å². The minimum absolute atomic E-state index is 0.131. The average Bonchev–Trinajstić information content (AvgIpc) is 2.95. The number of piperidine rings is 1. The van der Waals surface area contributed by atoms with E-state index in [0.717, 1.165) is 40.4 Å². The van der Waals surface area contributed by atoms with Crippen LogP contribution in [0.4, 0.5) is 4.79 Å². The number of benzene rings is 1. The van der Waals surface area contributed by atoms with Crippen molar-refractivity contribution < 1.29 is 19.1 Å². The first-order valence-corrected chi connectivity index (χ1v) is 10.4. The Labute approximate surface area is 175 Å². The van der Waals surface area contributed by atoms with Crippen molar-refractivity contribution in [3.05, 3.63) is 33.1 Å². The minimum Gasteiger partial charge on any atom is -0.478 e. The maximum atomic E-state index is 12.7. The molecule has 0 bridgehead atoms. The lowest BCUT2D eigenvalue weighted by molar-refractivity contribution is -0.136. The second-order valence-electron chi connectivity index (χ2n) is 6.34. The molecule has 2 aliphatic rings. The fourth-order valence-electron chi connectivity index (χ4n) is 3.03. The van der Waals surface area contributed by atoms with E-state index in [1.807, 2.05) is 6.07 Å². The Bertz CT molecular complexity index is 874. The van der Waals surface area contributed by atoms with Gasteiger partial charge in [0, 0.05) is 23.1 Å². The van der Waals surface area contributed by atoms with Gasteiger partial charge in [-0.15, -0.1) is 0 Å². The molecule has 1 aromatic carbocycles. The number of imide groups is 1. The highest BCUT2D eigenvalue weighted by Gasteiger charge is 2.37. The predicted octanol–water partition coefficient (Wildman–Crippen LogP) is 3.40. The van der Waals surface area contributed by atoms with E-state index >= 15 is 0 Å². The summed E-state index contributed by atoms with van der Waals surface area (Å²) < 4.78 is 6.14. The number of amides is 3. The number of ether oxygens (including phenoxy) is 1. The topological polar surface area (TPSA) is 90.7 Å². The SMILES string of the molecule is N#CCOc1ccc(Br)cc1/C=C1\SC(=O)N(CC(=O)N2CCCCC2)C1=O. The van der Waals surface area contributed by atoms with E-state index in [4.69, 9.17) is 10.00 Å². The molecule has 146 valence electrons. The number of thioether (sulfide) groups is 1. The fourth-order valence-corrected chi connectivity index (χ4v) is 4.24. The van der Waals surface area contributed by atoms with Crippen molar-refractivity contribution in [3.8, 4) is 11.8 Å². The lowest BCUT2D eigenvalue weighted by Crippen LogP contribution is -2.44. The van der Waals surface area contributed by atoms with Crippen molar-refractivity contribution in [1.29, 1.82) is 5.26 Å². The van der Waals surface area contributed by atoms with Gasteiger partial charge in [-0.1, -0.05) is 15.9 Å². The normalized spacial score (nSPS) is 18.5. The lowest BCUT2D eigenvalue weighted by Gasteiger charge is -2.27. The molecule has 7 nitrogen and oxygen atoms in total. The van der Waals surface area contributed by atoms with Crippen LogP contribution in [0.25, 0.3) is 6.08 Å². The van der Waals surface area contributed by atoms with Crippen molar-refractivity contribution in [2.45, 2.75) is 19.3 Å². The number of hydrogen-bond acceptors (Lipinski definition) is 6. The summed E-state index contributed by atoms with van der Waals surface area (Å²) in [5.41, 5.74) is 0.567. The lowest BCUT2D eigenvalue weighted by atomic mass is 10.1. The molecular formula is C19H18BrN3O4S. The molecule has 0 aliphatic carbocycles. The molecule has 0 aromatic heterocycles. The number of hydrogen-bond donors (Lipinski definition) is 0. The third kappa shape index (κ3) is 4.75. The van der Waals surface area contributed by atoms with Gasteiger partial charge >= 0.3 is 0 Å². The smallest absolute Gasteiger partial charge is 0.294 e. The number of halogens is 1. The maximum absolute atomic E-state index is 12.7. The number of rotatable bonds is 5. The highest BCUT2D eigenvalue weighted by atomic mass is 79.9. The molecule has 0 spiro atoms. The van der Waals surface area contributed by atoms with Crippen LogP contribution in [0.3, 0.4) is 0 Å². The third-order valence-electron chi connectivity index (χ3n) is 4.43. The van der Waals surface area contributed by atoms with Gasteiger partial charge in [0.15, 0.2) is 6.61 Å². The molecule has 2 aliphatic heterocycles. The second kappa shape index (κ2) is 9.26. The summed E-state index contributed by atoms with van der Waals surface area (Å²) in [4.78, 5) is 40.3. The minimum atomic E-state index is -0.494. The predicted molar refractivity (Wildman–Crippen MR) is 108 cm³/mol. The number of carbonyl (C=O) groups excluding carboxylic acids is 3. The van der Waals surface area contributed by atoms with Crippen LogP contribution in [0.15, 0.2) is 27.6 Å². The Morgan fingerprint density at radius 1 is 1.29 bits per heavy atom. The molecule has 2 heterocycles. The van der Waals surface area contributed by atoms with Gasteiger partial charge in [0.2, 0.25) is 5.91 Å². The highest BCUT2D eigenvalue weighted by molar-refractivity contribution is 9.10. The Balaban J connectivity index is 1.77. The van der Waals surface area contributed by atoms with Crippen molar-refractivity contribution in [2.24, 2.45) is 0 Å². The zero-order valence-corrected chi connectivity index (χ0v) is 17.4. The molecule has 0 unspecified atom stereocenters. The van der Waals surface area contributed by atoms with Gasteiger partial charge in [0.1, 0.15) is 18.4 Å². The van der Waals surface area contributed by atoms with Crippen LogP contribution < -0.4 is 4.74 Å². The molecule has 9 heteroatoms. The Morgan fingerprint density at radius 2 is 2.04 bits per heavy atom. The van der Waals surface area contributed by atoms with Crippen LogP contribution in [0.1, 0.15) is 24.8 Å². The zero-order chi connectivity index (χ0) is 20.1. The summed E-state index contributed by atoms with van der Waals surface area (Å²) in [6.07, 6.45) is 4.54. The fraction of sp³-hybridized carbons (Fsp3) is 0.368. The molecule has 0 radical (unpaired) electrons. The molecule has 3 rings (SSSR count). The van der Waals surface area contributed by atoms with Gasteiger partial charge in [-0.2, -0.15) is 5.26 Å². The molecule has 0 saturated carbocycles. The highest BCUT2D eigenvalue weighted by Crippen LogP contribution is 2.35. The van der Waals surface area contributed by atoms with Crippen molar-refractivity contribution in [3.63, 3.8) is 0 Å². The van der Waals surface area contributed by atoms with Crippen LogP contribution in [-0.4, -0.2) is 53.1 Å². The first kappa shape index (κ1) is 20.4. The van der Waals surface area contributed by atoms with Crippen LogP contribution >= 0.6 is 27.7 Å². The quantitative estimate of drug-likeness (QED) is 0.621. The number of carbonyl (C=O) groups is 3. The first-order chi connectivity index (χ1) is 13.5. The van der Waals surface area contributed by atoms with Crippen LogP contribution in [0.2, 0.25) is 0 Å². The summed E-state index contributed by atoms with van der Waals surface area (Å²) in [5, 5.41) is 8.25. The van der Waals surface area contributed by atoms with Gasteiger partial charge in [-0.25, -0.2) is 0 Å². The van der Waals surface area contributed by atoms with Gasteiger partial charge in [0.05, 0.1) is 4.91 Å². The van der Waals surface area contributed by atoms with Crippen LogP contribution in [0.5, 0.6) is 5.75 Å². The van der Waals surface area contributed by atoms with E-state index < -0.39 is 11.1 Å². The van der Waals surface area contributed by atoms with E-state index in [9.17, 15) is 14.4 Å². The molecule has 0 atom stereocenters. The first-order valence-electron chi connectivity index (χ1n) is 8.82. The van der Waals surface area contributed by atoms with Crippen LogP contribution in [0, 0.1) is 11.3 Å². The van der Waals surface area contributed by atoms with E-state index in [2.05, 4.69) is 15.9 Å². The number of nitrogens with zero attached hydrogens (tertiary/aromatic N) is 3. The monoisotopic (exact) mass is 463 g/mol. The Kier molecular flexibility index (Phi) is 6.75. The Morgan fingerprint density at radius 3 is 2.75 bits per heavy atom. The third-order valence-corrected chi connectivity index (χ3v) is 5.83. The maximum Gasteiger partial charge on any atom is 0.294 e. The molecule has 3 amide bonds. The molecule has 2 saturated heterocycles. The molecule has 1 aromatic rings. The summed E-state index contributed by atoms with van der Waals surface area (Å²) in [6, 6.07) is 7.07. The van der Waals surface area contributed by atoms with E-state index in [1.54, 1.807) is 29.2 Å². The van der Waals surface area contributed by atoms with Gasteiger partial charge < -0.3 is 9.64 Å². The summed E-state index contributed by atoms with van der Waals surface area (Å²) in [7, 11) is 0. The van der Waals surface area contributed by atoms with E-state index in [1.165, 1.54) is 0 Å². The number of nitriles is 1.